The molecule has 1 aliphatic rings. The van der Waals surface area contributed by atoms with Crippen LogP contribution in [0.1, 0.15) is 54.2 Å². The number of nitrogens with zero attached hydrogens (tertiary/aromatic N) is 4. The molecular weight excluding hydrogens is 348 g/mol. The predicted octanol–water partition coefficient (Wildman–Crippen LogP) is 4.91. The first kappa shape index (κ1) is 16.8. The topological polar surface area (TPSA) is 43.6 Å². The quantitative estimate of drug-likeness (QED) is 0.529. The number of aromatic nitrogens is 4. The Kier molecular flexibility index (Phi) is 5.17. The third-order valence-electron chi connectivity index (χ3n) is 4.28. The van der Waals surface area contributed by atoms with Crippen LogP contribution in [-0.2, 0) is 18.7 Å². The zero-order valence-corrected chi connectivity index (χ0v) is 16.0. The van der Waals surface area contributed by atoms with Gasteiger partial charge in [0.05, 0.1) is 17.2 Å². The van der Waals surface area contributed by atoms with E-state index in [1.54, 1.807) is 23.1 Å². The summed E-state index contributed by atoms with van der Waals surface area (Å²) in [6.07, 6.45) is 4.70. The lowest BCUT2D eigenvalue weighted by Crippen LogP contribution is -2.06. The molecule has 1 aliphatic carbocycles. The number of thioether (sulfide) groups is 1. The molecule has 4 rings (SSSR count). The molecule has 4 nitrogen and oxygen atoms in total. The van der Waals surface area contributed by atoms with Crippen molar-refractivity contribution in [1.29, 1.82) is 0 Å². The van der Waals surface area contributed by atoms with Crippen molar-refractivity contribution < 1.29 is 0 Å². The van der Waals surface area contributed by atoms with Gasteiger partial charge >= 0.3 is 0 Å². The van der Waals surface area contributed by atoms with Gasteiger partial charge in [0.25, 0.3) is 0 Å². The highest BCUT2D eigenvalue weighted by atomic mass is 32.2. The van der Waals surface area contributed by atoms with E-state index < -0.39 is 0 Å². The maximum atomic E-state index is 4.72. The number of benzene rings is 1. The first-order valence-corrected chi connectivity index (χ1v) is 10.7. The van der Waals surface area contributed by atoms with Gasteiger partial charge < -0.3 is 4.57 Å². The summed E-state index contributed by atoms with van der Waals surface area (Å²) in [6.45, 7) is 3.04. The number of rotatable bonds is 8. The van der Waals surface area contributed by atoms with Crippen molar-refractivity contribution in [1.82, 2.24) is 19.7 Å². The van der Waals surface area contributed by atoms with E-state index in [1.807, 2.05) is 0 Å². The minimum absolute atomic E-state index is 0.598. The van der Waals surface area contributed by atoms with Gasteiger partial charge in [0.1, 0.15) is 5.82 Å². The van der Waals surface area contributed by atoms with Gasteiger partial charge in [-0.15, -0.1) is 21.5 Å². The van der Waals surface area contributed by atoms with E-state index in [0.29, 0.717) is 5.92 Å². The Morgan fingerprint density at radius 1 is 1.20 bits per heavy atom. The van der Waals surface area contributed by atoms with Crippen molar-refractivity contribution in [2.24, 2.45) is 0 Å². The second kappa shape index (κ2) is 7.70. The molecule has 1 saturated carbocycles. The molecule has 0 radical (unpaired) electrons. The summed E-state index contributed by atoms with van der Waals surface area (Å²) < 4.78 is 2.30. The molecule has 3 aromatic rings. The van der Waals surface area contributed by atoms with Crippen molar-refractivity contribution in [2.75, 3.05) is 0 Å². The standard InChI is InChI=1S/C19H22N4S2/c1-2-6-17-20-16(12-24-17)13-25-19-22-21-18(15-9-10-15)23(19)11-14-7-4-3-5-8-14/h3-5,7-8,12,15H,2,6,9-11,13H2,1H3. The van der Waals surface area contributed by atoms with Gasteiger partial charge in [0, 0.05) is 17.1 Å². The highest BCUT2D eigenvalue weighted by Crippen LogP contribution is 2.40. The maximum absolute atomic E-state index is 4.72. The number of hydrogen-bond donors (Lipinski definition) is 0. The molecule has 2 aromatic heterocycles. The first-order chi connectivity index (χ1) is 12.3. The second-order valence-electron chi connectivity index (χ2n) is 6.46. The van der Waals surface area contributed by atoms with E-state index in [2.05, 4.69) is 57.4 Å². The van der Waals surface area contributed by atoms with E-state index in [4.69, 9.17) is 4.98 Å². The van der Waals surface area contributed by atoms with Crippen molar-refractivity contribution in [3.63, 3.8) is 0 Å². The van der Waals surface area contributed by atoms with Crippen LogP contribution < -0.4 is 0 Å². The first-order valence-electron chi connectivity index (χ1n) is 8.86. The van der Waals surface area contributed by atoms with Crippen molar-refractivity contribution >= 4 is 23.1 Å². The lowest BCUT2D eigenvalue weighted by atomic mass is 10.2. The van der Waals surface area contributed by atoms with Gasteiger partial charge in [-0.1, -0.05) is 49.0 Å². The average molecular weight is 371 g/mol. The van der Waals surface area contributed by atoms with E-state index in [0.717, 1.165) is 41.8 Å². The van der Waals surface area contributed by atoms with Gasteiger partial charge in [-0.3, -0.25) is 0 Å². The van der Waals surface area contributed by atoms with Crippen LogP contribution in [0.4, 0.5) is 0 Å². The summed E-state index contributed by atoms with van der Waals surface area (Å²) in [5.41, 5.74) is 2.45. The molecule has 0 N–H and O–H groups in total. The van der Waals surface area contributed by atoms with E-state index in [9.17, 15) is 0 Å². The van der Waals surface area contributed by atoms with Gasteiger partial charge in [-0.25, -0.2) is 4.98 Å². The second-order valence-corrected chi connectivity index (χ2v) is 8.34. The molecule has 0 bridgehead atoms. The highest BCUT2D eigenvalue weighted by Gasteiger charge is 2.30. The van der Waals surface area contributed by atoms with Crippen LogP contribution in [0, 0.1) is 0 Å². The maximum Gasteiger partial charge on any atom is 0.191 e. The Labute approximate surface area is 156 Å². The Balaban J connectivity index is 1.50. The third-order valence-corrected chi connectivity index (χ3v) is 6.24. The Hall–Kier alpha value is -1.66. The van der Waals surface area contributed by atoms with Crippen LogP contribution >= 0.6 is 23.1 Å². The highest BCUT2D eigenvalue weighted by molar-refractivity contribution is 7.98. The average Bonchev–Trinajstić information content (AvgIpc) is 3.25. The van der Waals surface area contributed by atoms with Gasteiger partial charge in [0.2, 0.25) is 0 Å². The SMILES string of the molecule is CCCc1nc(CSc2nnc(C3CC3)n2Cc2ccccc2)cs1. The minimum atomic E-state index is 0.598. The van der Waals surface area contributed by atoms with Crippen LogP contribution in [-0.4, -0.2) is 19.7 Å². The molecular formula is C19H22N4S2. The molecule has 130 valence electrons. The summed E-state index contributed by atoms with van der Waals surface area (Å²) in [5.74, 6) is 2.61. The summed E-state index contributed by atoms with van der Waals surface area (Å²) >= 11 is 3.52. The van der Waals surface area contributed by atoms with Crippen LogP contribution in [0.15, 0.2) is 40.9 Å². The molecule has 0 atom stereocenters. The summed E-state index contributed by atoms with van der Waals surface area (Å²) in [4.78, 5) is 4.72. The molecule has 0 aliphatic heterocycles. The Bertz CT molecular complexity index is 821. The number of aryl methyl sites for hydroxylation is 1. The molecule has 0 unspecified atom stereocenters. The third kappa shape index (κ3) is 4.12. The molecule has 0 spiro atoms. The normalized spacial score (nSPS) is 14.1. The fraction of sp³-hybridized carbons (Fsp3) is 0.421. The van der Waals surface area contributed by atoms with Gasteiger partial charge in [-0.05, 0) is 31.2 Å². The Morgan fingerprint density at radius 2 is 2.04 bits per heavy atom. The van der Waals surface area contributed by atoms with Crippen LogP contribution in [0.25, 0.3) is 0 Å². The summed E-state index contributed by atoms with van der Waals surface area (Å²) in [5, 5.41) is 13.4. The van der Waals surface area contributed by atoms with Crippen molar-refractivity contribution in [3.8, 4) is 0 Å². The van der Waals surface area contributed by atoms with E-state index >= 15 is 0 Å². The monoisotopic (exact) mass is 370 g/mol. The fourth-order valence-electron chi connectivity index (χ4n) is 2.85. The summed E-state index contributed by atoms with van der Waals surface area (Å²) in [7, 11) is 0. The molecule has 1 aromatic carbocycles. The van der Waals surface area contributed by atoms with E-state index in [1.165, 1.54) is 23.4 Å². The fourth-order valence-corrected chi connectivity index (χ4v) is 4.69. The molecule has 0 amide bonds. The van der Waals surface area contributed by atoms with Crippen molar-refractivity contribution in [2.45, 2.75) is 56.0 Å². The lowest BCUT2D eigenvalue weighted by Gasteiger charge is -2.09. The van der Waals surface area contributed by atoms with Crippen molar-refractivity contribution in [3.05, 3.63) is 57.8 Å². The zero-order chi connectivity index (χ0) is 17.1. The van der Waals surface area contributed by atoms with E-state index in [-0.39, 0.29) is 0 Å². The van der Waals surface area contributed by atoms with Gasteiger partial charge in [-0.2, -0.15) is 0 Å². The summed E-state index contributed by atoms with van der Waals surface area (Å²) in [6, 6.07) is 10.6. The van der Waals surface area contributed by atoms with Crippen LogP contribution in [0.5, 0.6) is 0 Å². The molecule has 0 saturated heterocycles. The van der Waals surface area contributed by atoms with Gasteiger partial charge in [0.15, 0.2) is 5.16 Å². The zero-order valence-electron chi connectivity index (χ0n) is 14.4. The predicted molar refractivity (Wildman–Crippen MR) is 103 cm³/mol. The smallest absolute Gasteiger partial charge is 0.191 e. The molecule has 2 heterocycles. The molecule has 1 fully saturated rings. The molecule has 25 heavy (non-hydrogen) atoms. The van der Waals surface area contributed by atoms with Crippen LogP contribution in [0.2, 0.25) is 0 Å². The number of thiazole rings is 1. The lowest BCUT2D eigenvalue weighted by molar-refractivity contribution is 0.667. The number of hydrogen-bond acceptors (Lipinski definition) is 5. The minimum Gasteiger partial charge on any atom is -0.301 e. The Morgan fingerprint density at radius 3 is 2.80 bits per heavy atom. The largest absolute Gasteiger partial charge is 0.301 e. The molecule has 6 heteroatoms. The van der Waals surface area contributed by atoms with Crippen LogP contribution in [0.3, 0.4) is 0 Å².